The lowest BCUT2D eigenvalue weighted by Gasteiger charge is -2.25. The van der Waals surface area contributed by atoms with E-state index in [0.717, 1.165) is 43.4 Å². The zero-order chi connectivity index (χ0) is 14.4. The first-order valence-corrected chi connectivity index (χ1v) is 7.76. The average molecular weight is 297 g/mol. The molecule has 1 heterocycles. The van der Waals surface area contributed by atoms with Gasteiger partial charge in [-0.15, -0.1) is 0 Å². The summed E-state index contributed by atoms with van der Waals surface area (Å²) in [4.78, 5) is 2.45. The highest BCUT2D eigenvalue weighted by Gasteiger charge is 2.18. The number of ether oxygens (including phenoxy) is 1. The van der Waals surface area contributed by atoms with Gasteiger partial charge in [0.25, 0.3) is 0 Å². The van der Waals surface area contributed by atoms with E-state index in [0.29, 0.717) is 6.04 Å². The Morgan fingerprint density at radius 3 is 2.95 bits per heavy atom. The summed E-state index contributed by atoms with van der Waals surface area (Å²) in [6.07, 6.45) is 2.57. The number of methoxy groups -OCH3 is 1. The molecule has 1 atom stereocenters. The Morgan fingerprint density at radius 1 is 1.45 bits per heavy atom. The molecule has 0 amide bonds. The summed E-state index contributed by atoms with van der Waals surface area (Å²) in [5.74, 6) is 0. The van der Waals surface area contributed by atoms with E-state index in [1.54, 1.807) is 7.11 Å². The van der Waals surface area contributed by atoms with Crippen LogP contribution in [-0.2, 0) is 11.3 Å². The molecule has 0 saturated carbocycles. The molecule has 0 spiro atoms. The van der Waals surface area contributed by atoms with Crippen molar-refractivity contribution in [2.75, 3.05) is 33.4 Å². The topological polar surface area (TPSA) is 24.5 Å². The average Bonchev–Trinajstić information content (AvgIpc) is 2.93. The molecule has 1 aliphatic heterocycles. The summed E-state index contributed by atoms with van der Waals surface area (Å²) in [5.41, 5.74) is 2.41. The van der Waals surface area contributed by atoms with Crippen LogP contribution in [-0.4, -0.2) is 44.3 Å². The summed E-state index contributed by atoms with van der Waals surface area (Å²) in [5, 5.41) is 4.42. The van der Waals surface area contributed by atoms with E-state index in [1.165, 1.54) is 18.4 Å². The van der Waals surface area contributed by atoms with Crippen LogP contribution >= 0.6 is 11.6 Å². The first-order valence-electron chi connectivity index (χ1n) is 7.38. The number of halogens is 1. The van der Waals surface area contributed by atoms with Crippen molar-refractivity contribution >= 4 is 11.6 Å². The van der Waals surface area contributed by atoms with Crippen LogP contribution in [0.1, 0.15) is 24.0 Å². The number of rotatable bonds is 7. The molecule has 1 aromatic carbocycles. The highest BCUT2D eigenvalue weighted by molar-refractivity contribution is 6.31. The molecule has 1 N–H and O–H groups in total. The summed E-state index contributed by atoms with van der Waals surface area (Å²) in [6.45, 7) is 6.93. The molecule has 0 aliphatic carbocycles. The molecule has 2 rings (SSSR count). The van der Waals surface area contributed by atoms with E-state index in [4.69, 9.17) is 16.3 Å². The van der Waals surface area contributed by atoms with E-state index in [-0.39, 0.29) is 0 Å². The van der Waals surface area contributed by atoms with Crippen molar-refractivity contribution in [1.29, 1.82) is 0 Å². The van der Waals surface area contributed by atoms with E-state index < -0.39 is 0 Å². The Balaban J connectivity index is 1.95. The fourth-order valence-electron chi connectivity index (χ4n) is 2.67. The van der Waals surface area contributed by atoms with Crippen LogP contribution in [0.5, 0.6) is 0 Å². The fraction of sp³-hybridized carbons (Fsp3) is 0.625. The third-order valence-corrected chi connectivity index (χ3v) is 4.30. The SMILES string of the molecule is COCCN(Cc1ccc(C)c(Cl)c1)CC1CCCN1. The second-order valence-electron chi connectivity index (χ2n) is 5.60. The van der Waals surface area contributed by atoms with Crippen molar-refractivity contribution in [3.05, 3.63) is 34.3 Å². The van der Waals surface area contributed by atoms with Gasteiger partial charge in [0.15, 0.2) is 0 Å². The van der Waals surface area contributed by atoms with Crippen LogP contribution in [0.2, 0.25) is 5.02 Å². The highest BCUT2D eigenvalue weighted by atomic mass is 35.5. The van der Waals surface area contributed by atoms with Crippen molar-refractivity contribution in [2.24, 2.45) is 0 Å². The van der Waals surface area contributed by atoms with E-state index in [9.17, 15) is 0 Å². The summed E-state index contributed by atoms with van der Waals surface area (Å²) in [7, 11) is 1.76. The molecule has 1 aromatic rings. The standard InChI is InChI=1S/C16H25ClN2O/c1-13-5-6-14(10-16(13)17)11-19(8-9-20-2)12-15-4-3-7-18-15/h5-6,10,15,18H,3-4,7-9,11-12H2,1-2H3. The molecule has 20 heavy (non-hydrogen) atoms. The second kappa shape index (κ2) is 7.99. The zero-order valence-electron chi connectivity index (χ0n) is 12.5. The molecule has 1 unspecified atom stereocenters. The maximum absolute atomic E-state index is 6.22. The van der Waals surface area contributed by atoms with Gasteiger partial charge in [0.05, 0.1) is 6.61 Å². The number of hydrogen-bond acceptors (Lipinski definition) is 3. The number of benzene rings is 1. The lowest BCUT2D eigenvalue weighted by atomic mass is 10.1. The monoisotopic (exact) mass is 296 g/mol. The smallest absolute Gasteiger partial charge is 0.0589 e. The van der Waals surface area contributed by atoms with Crippen LogP contribution < -0.4 is 5.32 Å². The maximum Gasteiger partial charge on any atom is 0.0589 e. The quantitative estimate of drug-likeness (QED) is 0.837. The van der Waals surface area contributed by atoms with Gasteiger partial charge < -0.3 is 10.1 Å². The van der Waals surface area contributed by atoms with Gasteiger partial charge in [0, 0.05) is 37.8 Å². The van der Waals surface area contributed by atoms with Crippen LogP contribution in [0.3, 0.4) is 0 Å². The van der Waals surface area contributed by atoms with Crippen LogP contribution in [0.25, 0.3) is 0 Å². The molecular weight excluding hydrogens is 272 g/mol. The number of aryl methyl sites for hydroxylation is 1. The molecule has 112 valence electrons. The molecular formula is C16H25ClN2O. The Hall–Kier alpha value is -0.610. The first-order chi connectivity index (χ1) is 9.69. The van der Waals surface area contributed by atoms with Gasteiger partial charge in [-0.3, -0.25) is 4.90 Å². The minimum Gasteiger partial charge on any atom is -0.383 e. The van der Waals surface area contributed by atoms with Gasteiger partial charge in [0.1, 0.15) is 0 Å². The molecule has 1 saturated heterocycles. The van der Waals surface area contributed by atoms with E-state index >= 15 is 0 Å². The highest BCUT2D eigenvalue weighted by Crippen LogP contribution is 2.18. The predicted molar refractivity (Wildman–Crippen MR) is 84.4 cm³/mol. The van der Waals surface area contributed by atoms with Crippen LogP contribution in [0, 0.1) is 6.92 Å². The molecule has 0 bridgehead atoms. The van der Waals surface area contributed by atoms with Gasteiger partial charge >= 0.3 is 0 Å². The van der Waals surface area contributed by atoms with Gasteiger partial charge in [-0.2, -0.15) is 0 Å². The Labute approximate surface area is 127 Å². The van der Waals surface area contributed by atoms with Crippen molar-refractivity contribution in [1.82, 2.24) is 10.2 Å². The van der Waals surface area contributed by atoms with Gasteiger partial charge in [0.2, 0.25) is 0 Å². The lowest BCUT2D eigenvalue weighted by Crippen LogP contribution is -2.38. The predicted octanol–water partition coefficient (Wildman–Crippen LogP) is 2.85. The maximum atomic E-state index is 6.22. The normalized spacial score (nSPS) is 18.9. The third kappa shape index (κ3) is 4.74. The summed E-state index contributed by atoms with van der Waals surface area (Å²) in [6, 6.07) is 6.97. The van der Waals surface area contributed by atoms with Crippen molar-refractivity contribution < 1.29 is 4.74 Å². The summed E-state index contributed by atoms with van der Waals surface area (Å²) < 4.78 is 5.23. The molecule has 1 fully saturated rings. The van der Waals surface area contributed by atoms with Gasteiger partial charge in [-0.1, -0.05) is 23.7 Å². The molecule has 4 heteroatoms. The minimum atomic E-state index is 0.618. The van der Waals surface area contributed by atoms with Crippen molar-refractivity contribution in [3.8, 4) is 0 Å². The number of nitrogens with one attached hydrogen (secondary N) is 1. The van der Waals surface area contributed by atoms with Crippen molar-refractivity contribution in [3.63, 3.8) is 0 Å². The Morgan fingerprint density at radius 2 is 2.30 bits per heavy atom. The largest absolute Gasteiger partial charge is 0.383 e. The first kappa shape index (κ1) is 15.8. The van der Waals surface area contributed by atoms with Crippen LogP contribution in [0.4, 0.5) is 0 Å². The summed E-state index contributed by atoms with van der Waals surface area (Å²) >= 11 is 6.22. The Bertz CT molecular complexity index is 419. The minimum absolute atomic E-state index is 0.618. The van der Waals surface area contributed by atoms with Crippen LogP contribution in [0.15, 0.2) is 18.2 Å². The molecule has 1 aliphatic rings. The van der Waals surface area contributed by atoms with Crippen molar-refractivity contribution in [2.45, 2.75) is 32.4 Å². The molecule has 3 nitrogen and oxygen atoms in total. The second-order valence-corrected chi connectivity index (χ2v) is 6.01. The lowest BCUT2D eigenvalue weighted by molar-refractivity contribution is 0.138. The third-order valence-electron chi connectivity index (χ3n) is 3.90. The number of nitrogens with zero attached hydrogens (tertiary/aromatic N) is 1. The van der Waals surface area contributed by atoms with E-state index in [1.807, 2.05) is 6.92 Å². The zero-order valence-corrected chi connectivity index (χ0v) is 13.2. The molecule has 0 radical (unpaired) electrons. The van der Waals surface area contributed by atoms with E-state index in [2.05, 4.69) is 28.4 Å². The van der Waals surface area contributed by atoms with Gasteiger partial charge in [-0.25, -0.2) is 0 Å². The fourth-order valence-corrected chi connectivity index (χ4v) is 2.88. The van der Waals surface area contributed by atoms with Gasteiger partial charge in [-0.05, 0) is 43.5 Å². The molecule has 0 aromatic heterocycles. The number of hydrogen-bond donors (Lipinski definition) is 1. The Kier molecular flexibility index (Phi) is 6.30.